The third kappa shape index (κ3) is 0.928. The van der Waals surface area contributed by atoms with E-state index in [-0.39, 0.29) is 18.8 Å². The predicted molar refractivity (Wildman–Crippen MR) is 29.4 cm³/mol. The number of nitrogens with two attached hydrogens (primary N) is 1. The lowest BCUT2D eigenvalue weighted by Crippen LogP contribution is -2.24. The summed E-state index contributed by atoms with van der Waals surface area (Å²) in [6.07, 6.45) is -0.153. The van der Waals surface area contributed by atoms with Crippen molar-refractivity contribution in [2.45, 2.75) is 24.8 Å². The molecule has 0 heterocycles. The monoisotopic (exact) mass is 143 g/mol. The highest BCUT2D eigenvalue weighted by molar-refractivity contribution is 5.85. The maximum atomic E-state index is 11.8. The minimum Gasteiger partial charge on any atom is -0.320 e. The van der Waals surface area contributed by atoms with E-state index in [1.807, 2.05) is 0 Å². The van der Waals surface area contributed by atoms with Crippen LogP contribution in [0.4, 0.5) is 8.78 Å². The first-order valence-electron chi connectivity index (χ1n) is 2.12. The van der Waals surface area contributed by atoms with E-state index >= 15 is 0 Å². The van der Waals surface area contributed by atoms with Gasteiger partial charge in [-0.2, -0.15) is 0 Å². The van der Waals surface area contributed by atoms with Crippen LogP contribution in [-0.2, 0) is 0 Å². The predicted octanol–water partition coefficient (Wildman–Crippen LogP) is 1.16. The molecule has 0 aromatic rings. The fourth-order valence-corrected chi connectivity index (χ4v) is 0.417. The van der Waals surface area contributed by atoms with Crippen molar-refractivity contribution in [1.29, 1.82) is 0 Å². The van der Waals surface area contributed by atoms with Gasteiger partial charge in [-0.1, -0.05) is 0 Å². The molecule has 0 aromatic carbocycles. The largest absolute Gasteiger partial charge is 0.320 e. The maximum absolute atomic E-state index is 11.8. The first-order valence-corrected chi connectivity index (χ1v) is 2.12. The summed E-state index contributed by atoms with van der Waals surface area (Å²) in [4.78, 5) is 0. The number of halogens is 3. The third-order valence-corrected chi connectivity index (χ3v) is 1.30. The van der Waals surface area contributed by atoms with Crippen LogP contribution in [0.1, 0.15) is 13.3 Å². The Kier molecular flexibility index (Phi) is 1.57. The summed E-state index contributed by atoms with van der Waals surface area (Å²) in [6.45, 7) is 1.35. The van der Waals surface area contributed by atoms with Gasteiger partial charge in [0.25, 0.3) is 5.92 Å². The highest BCUT2D eigenvalue weighted by atomic mass is 35.5. The first-order chi connectivity index (χ1) is 2.96. The molecule has 50 valence electrons. The van der Waals surface area contributed by atoms with Gasteiger partial charge in [0.05, 0.1) is 5.54 Å². The molecule has 1 nitrogen and oxygen atoms in total. The molecule has 0 aliphatic heterocycles. The summed E-state index contributed by atoms with van der Waals surface area (Å²) in [5, 5.41) is 0. The molecule has 0 radical (unpaired) electrons. The summed E-state index contributed by atoms with van der Waals surface area (Å²) in [6, 6.07) is 0. The molecule has 2 N–H and O–H groups in total. The molecule has 1 rings (SSSR count). The molecule has 1 fully saturated rings. The summed E-state index contributed by atoms with van der Waals surface area (Å²) in [5.74, 6) is -2.58. The van der Waals surface area contributed by atoms with Gasteiger partial charge in [0.15, 0.2) is 0 Å². The smallest absolute Gasteiger partial charge is 0.267 e. The van der Waals surface area contributed by atoms with Crippen molar-refractivity contribution in [2.75, 3.05) is 0 Å². The zero-order chi connectivity index (χ0) is 5.71. The van der Waals surface area contributed by atoms with Crippen molar-refractivity contribution in [3.63, 3.8) is 0 Å². The van der Waals surface area contributed by atoms with Gasteiger partial charge in [-0.15, -0.1) is 12.4 Å². The molecule has 0 spiro atoms. The molecule has 1 atom stereocenters. The molecule has 0 aromatic heterocycles. The second kappa shape index (κ2) is 1.54. The van der Waals surface area contributed by atoms with Crippen molar-refractivity contribution in [2.24, 2.45) is 5.73 Å². The lowest BCUT2D eigenvalue weighted by atomic mass is 10.3. The van der Waals surface area contributed by atoms with Crippen molar-refractivity contribution in [3.8, 4) is 0 Å². The van der Waals surface area contributed by atoms with E-state index in [9.17, 15) is 8.78 Å². The molecule has 4 heteroatoms. The van der Waals surface area contributed by atoms with Crippen LogP contribution in [-0.4, -0.2) is 11.5 Å². The van der Waals surface area contributed by atoms with Gasteiger partial charge in [-0.25, -0.2) is 8.78 Å². The summed E-state index contributed by atoms with van der Waals surface area (Å²) < 4.78 is 23.6. The fraction of sp³-hybridized carbons (Fsp3) is 1.00. The van der Waals surface area contributed by atoms with Crippen LogP contribution in [0.3, 0.4) is 0 Å². The second-order valence-corrected chi connectivity index (χ2v) is 2.30. The Labute approximate surface area is 52.7 Å². The van der Waals surface area contributed by atoms with Crippen molar-refractivity contribution < 1.29 is 8.78 Å². The van der Waals surface area contributed by atoms with Gasteiger partial charge in [0.2, 0.25) is 0 Å². The molecular formula is C4H8ClF2N. The molecule has 0 saturated heterocycles. The zero-order valence-electron chi connectivity index (χ0n) is 4.45. The van der Waals surface area contributed by atoms with Gasteiger partial charge in [-0.05, 0) is 6.92 Å². The summed E-state index contributed by atoms with van der Waals surface area (Å²) in [7, 11) is 0. The molecule has 0 bridgehead atoms. The van der Waals surface area contributed by atoms with E-state index in [2.05, 4.69) is 0 Å². The zero-order valence-corrected chi connectivity index (χ0v) is 5.27. The van der Waals surface area contributed by atoms with Crippen LogP contribution >= 0.6 is 12.4 Å². The Balaban J connectivity index is 0.000000490. The SMILES string of the molecule is CC1(N)CC1(F)F.Cl. The van der Waals surface area contributed by atoms with Crippen LogP contribution in [0.2, 0.25) is 0 Å². The lowest BCUT2D eigenvalue weighted by Gasteiger charge is -1.96. The molecule has 8 heavy (non-hydrogen) atoms. The van der Waals surface area contributed by atoms with Crippen molar-refractivity contribution in [1.82, 2.24) is 0 Å². The number of hydrogen-bond donors (Lipinski definition) is 1. The van der Waals surface area contributed by atoms with Crippen LogP contribution in [0.15, 0.2) is 0 Å². The van der Waals surface area contributed by atoms with Crippen molar-refractivity contribution >= 4 is 12.4 Å². The van der Waals surface area contributed by atoms with E-state index in [0.717, 1.165) is 0 Å². The number of hydrogen-bond acceptors (Lipinski definition) is 1. The van der Waals surface area contributed by atoms with Crippen LogP contribution in [0.5, 0.6) is 0 Å². The highest BCUT2D eigenvalue weighted by Gasteiger charge is 2.65. The van der Waals surface area contributed by atoms with Crippen molar-refractivity contribution in [3.05, 3.63) is 0 Å². The Hall–Kier alpha value is 0.110. The van der Waals surface area contributed by atoms with E-state index in [1.165, 1.54) is 6.92 Å². The van der Waals surface area contributed by atoms with Gasteiger partial charge >= 0.3 is 0 Å². The van der Waals surface area contributed by atoms with Crippen LogP contribution in [0, 0.1) is 0 Å². The van der Waals surface area contributed by atoms with Crippen LogP contribution in [0.25, 0.3) is 0 Å². The minimum atomic E-state index is -2.58. The van der Waals surface area contributed by atoms with Crippen LogP contribution < -0.4 is 5.73 Å². The molecular weight excluding hydrogens is 136 g/mol. The molecule has 1 saturated carbocycles. The fourth-order valence-electron chi connectivity index (χ4n) is 0.417. The number of alkyl halides is 2. The average molecular weight is 144 g/mol. The number of rotatable bonds is 0. The summed E-state index contributed by atoms with van der Waals surface area (Å²) in [5.41, 5.74) is 3.81. The quantitative estimate of drug-likeness (QED) is 0.541. The second-order valence-electron chi connectivity index (χ2n) is 2.30. The molecule has 0 amide bonds. The molecule has 1 unspecified atom stereocenters. The Bertz CT molecular complexity index is 90.2. The Morgan fingerprint density at radius 3 is 1.62 bits per heavy atom. The van der Waals surface area contributed by atoms with Gasteiger partial charge < -0.3 is 5.73 Å². The third-order valence-electron chi connectivity index (χ3n) is 1.30. The molecule has 1 aliphatic rings. The van der Waals surface area contributed by atoms with E-state index in [1.54, 1.807) is 0 Å². The Morgan fingerprint density at radius 2 is 1.62 bits per heavy atom. The first kappa shape index (κ1) is 8.11. The van der Waals surface area contributed by atoms with E-state index in [0.29, 0.717) is 0 Å². The van der Waals surface area contributed by atoms with Gasteiger partial charge in [0.1, 0.15) is 0 Å². The summed E-state index contributed by atoms with van der Waals surface area (Å²) >= 11 is 0. The van der Waals surface area contributed by atoms with Gasteiger partial charge in [0, 0.05) is 6.42 Å². The lowest BCUT2D eigenvalue weighted by molar-refractivity contribution is 0.0937. The van der Waals surface area contributed by atoms with E-state index < -0.39 is 11.5 Å². The molecule has 1 aliphatic carbocycles. The van der Waals surface area contributed by atoms with E-state index in [4.69, 9.17) is 5.73 Å². The maximum Gasteiger partial charge on any atom is 0.267 e. The normalized spacial score (nSPS) is 40.5. The van der Waals surface area contributed by atoms with Gasteiger partial charge in [-0.3, -0.25) is 0 Å². The highest BCUT2D eigenvalue weighted by Crippen LogP contribution is 2.49. The topological polar surface area (TPSA) is 26.0 Å². The minimum absolute atomic E-state index is 0. The Morgan fingerprint density at radius 1 is 1.50 bits per heavy atom. The standard InChI is InChI=1S/C4H7F2N.ClH/c1-3(7)2-4(3,5)6;/h2,7H2,1H3;1H. The average Bonchev–Trinajstić information content (AvgIpc) is 1.63.